The fourth-order valence-electron chi connectivity index (χ4n) is 3.64. The van der Waals surface area contributed by atoms with Crippen molar-refractivity contribution in [3.05, 3.63) is 94.3 Å². The van der Waals surface area contributed by atoms with Crippen molar-refractivity contribution in [1.82, 2.24) is 9.78 Å². The van der Waals surface area contributed by atoms with Crippen LogP contribution in [0.25, 0.3) is 5.70 Å². The monoisotopic (exact) mass is 532 g/mol. The van der Waals surface area contributed by atoms with E-state index in [1.807, 2.05) is 67.9 Å². The Labute approximate surface area is 232 Å². The van der Waals surface area contributed by atoms with Crippen molar-refractivity contribution in [2.75, 3.05) is 21.3 Å². The minimum atomic E-state index is -0.287. The van der Waals surface area contributed by atoms with Gasteiger partial charge in [-0.15, -0.1) is 0 Å². The molecule has 0 atom stereocenters. The summed E-state index contributed by atoms with van der Waals surface area (Å²) in [6.45, 7) is 10.1. The summed E-state index contributed by atoms with van der Waals surface area (Å²) >= 11 is 0. The smallest absolute Gasteiger partial charge is 0.337 e. The molecule has 3 aromatic rings. The molecule has 0 spiro atoms. The summed E-state index contributed by atoms with van der Waals surface area (Å²) in [6, 6.07) is 14.9. The molecule has 1 aromatic heterocycles. The summed E-state index contributed by atoms with van der Waals surface area (Å²) in [7, 11) is 4.61. The van der Waals surface area contributed by atoms with E-state index < -0.39 is 0 Å². The van der Waals surface area contributed by atoms with Crippen molar-refractivity contribution < 1.29 is 23.8 Å². The predicted octanol–water partition coefficient (Wildman–Crippen LogP) is 7.22. The Morgan fingerprint density at radius 2 is 1.51 bits per heavy atom. The van der Waals surface area contributed by atoms with Gasteiger partial charge in [-0.05, 0) is 76.1 Å². The van der Waals surface area contributed by atoms with Gasteiger partial charge in [0.2, 0.25) is 0 Å². The number of ketones is 1. The van der Waals surface area contributed by atoms with Gasteiger partial charge in [-0.25, -0.2) is 9.48 Å². The van der Waals surface area contributed by atoms with E-state index in [-0.39, 0.29) is 11.8 Å². The molecule has 0 N–H and O–H groups in total. The van der Waals surface area contributed by atoms with Crippen LogP contribution in [-0.4, -0.2) is 42.9 Å². The van der Waals surface area contributed by atoms with Crippen LogP contribution in [-0.2, 0) is 4.74 Å². The van der Waals surface area contributed by atoms with E-state index in [4.69, 9.17) is 9.47 Å². The third-order valence-corrected chi connectivity index (χ3v) is 6.11. The first kappa shape index (κ1) is 31.1. The molecule has 3 rings (SSSR count). The Hall–Kier alpha value is -4.13. The molecule has 0 aliphatic rings. The van der Waals surface area contributed by atoms with Gasteiger partial charge in [0.1, 0.15) is 5.69 Å². The number of Topliss-reactive ketones (excluding diaryl/α,β-unsaturated/α-hetero) is 1. The van der Waals surface area contributed by atoms with E-state index in [9.17, 15) is 9.59 Å². The summed E-state index contributed by atoms with van der Waals surface area (Å²) in [6.07, 6.45) is 6.39. The molecular formula is C32H40N2O5. The van der Waals surface area contributed by atoms with Gasteiger partial charge in [-0.2, -0.15) is 5.10 Å². The predicted molar refractivity (Wildman–Crippen MR) is 156 cm³/mol. The summed E-state index contributed by atoms with van der Waals surface area (Å²) in [4.78, 5) is 23.2. The first-order chi connectivity index (χ1) is 18.7. The van der Waals surface area contributed by atoms with Crippen LogP contribution in [0.1, 0.15) is 77.7 Å². The second-order valence-electron chi connectivity index (χ2n) is 9.10. The maximum absolute atomic E-state index is 12.3. The molecule has 0 radical (unpaired) electrons. The molecule has 7 heteroatoms. The van der Waals surface area contributed by atoms with Crippen LogP contribution in [0, 0.1) is 13.8 Å². The zero-order valence-electron chi connectivity index (χ0n) is 24.3. The zero-order valence-corrected chi connectivity index (χ0v) is 24.3. The number of aromatic nitrogens is 2. The molecule has 1 heterocycles. The SMILES string of the molecule is CCCC(=O)c1cc(C)n(/C(=C\C=C(C)CC)c2ccc(OC)c(OC)c2)n1.COC(=O)c1ccc(C)cc1. The molecule has 0 fully saturated rings. The number of carbonyl (C=O) groups is 2. The lowest BCUT2D eigenvalue weighted by Crippen LogP contribution is -2.06. The third-order valence-electron chi connectivity index (χ3n) is 6.11. The molecule has 208 valence electrons. The van der Waals surface area contributed by atoms with E-state index in [0.29, 0.717) is 29.2 Å². The number of aryl methyl sites for hydroxylation is 2. The van der Waals surface area contributed by atoms with Crippen LogP contribution in [0.2, 0.25) is 0 Å². The summed E-state index contributed by atoms with van der Waals surface area (Å²) in [5, 5.41) is 4.60. The van der Waals surface area contributed by atoms with E-state index in [1.54, 1.807) is 26.4 Å². The fraction of sp³-hybridized carbons (Fsp3) is 0.344. The van der Waals surface area contributed by atoms with Crippen LogP contribution in [0.15, 0.2) is 66.3 Å². The molecule has 0 aliphatic carbocycles. The maximum atomic E-state index is 12.3. The van der Waals surface area contributed by atoms with Gasteiger partial charge >= 0.3 is 5.97 Å². The van der Waals surface area contributed by atoms with E-state index in [1.165, 1.54) is 12.7 Å². The highest BCUT2D eigenvalue weighted by atomic mass is 16.5. The van der Waals surface area contributed by atoms with Crippen molar-refractivity contribution in [2.45, 2.75) is 53.9 Å². The molecule has 2 aromatic carbocycles. The highest BCUT2D eigenvalue weighted by molar-refractivity contribution is 5.94. The number of nitrogens with zero attached hydrogens (tertiary/aromatic N) is 2. The van der Waals surface area contributed by atoms with Crippen LogP contribution >= 0.6 is 0 Å². The number of esters is 1. The average Bonchev–Trinajstić information content (AvgIpc) is 3.34. The molecule has 0 saturated carbocycles. The van der Waals surface area contributed by atoms with Gasteiger partial charge in [-0.3, -0.25) is 4.79 Å². The van der Waals surface area contributed by atoms with Gasteiger partial charge in [0, 0.05) is 17.7 Å². The molecule has 0 saturated heterocycles. The Morgan fingerprint density at radius 1 is 0.872 bits per heavy atom. The quantitative estimate of drug-likeness (QED) is 0.156. The van der Waals surface area contributed by atoms with Gasteiger partial charge in [-0.1, -0.05) is 43.2 Å². The van der Waals surface area contributed by atoms with Crippen molar-refractivity contribution in [3.63, 3.8) is 0 Å². The number of ether oxygens (including phenoxy) is 3. The number of hydrogen-bond acceptors (Lipinski definition) is 6. The average molecular weight is 533 g/mol. The lowest BCUT2D eigenvalue weighted by Gasteiger charge is -2.13. The van der Waals surface area contributed by atoms with Crippen molar-refractivity contribution >= 4 is 17.4 Å². The van der Waals surface area contributed by atoms with Crippen LogP contribution in [0.4, 0.5) is 0 Å². The van der Waals surface area contributed by atoms with Gasteiger partial charge in [0.05, 0.1) is 32.6 Å². The minimum absolute atomic E-state index is 0.0660. The lowest BCUT2D eigenvalue weighted by atomic mass is 10.1. The minimum Gasteiger partial charge on any atom is -0.493 e. The summed E-state index contributed by atoms with van der Waals surface area (Å²) in [5.74, 6) is 1.09. The van der Waals surface area contributed by atoms with Crippen molar-refractivity contribution in [2.24, 2.45) is 0 Å². The molecule has 0 aliphatic heterocycles. The number of carbonyl (C=O) groups excluding carboxylic acids is 2. The third kappa shape index (κ3) is 8.70. The van der Waals surface area contributed by atoms with E-state index in [0.717, 1.165) is 35.4 Å². The van der Waals surface area contributed by atoms with Crippen LogP contribution in [0.5, 0.6) is 11.5 Å². The van der Waals surface area contributed by atoms with Crippen molar-refractivity contribution in [3.8, 4) is 11.5 Å². The molecule has 0 unspecified atom stereocenters. The first-order valence-corrected chi connectivity index (χ1v) is 13.0. The normalized spacial score (nSPS) is 11.4. The molecular weight excluding hydrogens is 492 g/mol. The van der Waals surface area contributed by atoms with Crippen LogP contribution < -0.4 is 9.47 Å². The van der Waals surface area contributed by atoms with E-state index >= 15 is 0 Å². The highest BCUT2D eigenvalue weighted by Gasteiger charge is 2.16. The molecule has 0 amide bonds. The zero-order chi connectivity index (χ0) is 28.9. The Bertz CT molecular complexity index is 1320. The Morgan fingerprint density at radius 3 is 2.08 bits per heavy atom. The standard InChI is InChI=1S/C23H30N2O3.C9H10O2/c1-7-9-21(26)19-14-17(4)25(24-19)20(12-10-16(3)8-2)18-11-13-22(27-5)23(15-18)28-6;1-7-3-5-8(6-4-7)9(10)11-2/h10-15H,7-9H2,1-6H3;3-6H,1-2H3/b16-10?,20-12-;. The largest absolute Gasteiger partial charge is 0.493 e. The topological polar surface area (TPSA) is 79.7 Å². The fourth-order valence-corrected chi connectivity index (χ4v) is 3.64. The molecule has 39 heavy (non-hydrogen) atoms. The molecule has 7 nitrogen and oxygen atoms in total. The highest BCUT2D eigenvalue weighted by Crippen LogP contribution is 2.31. The number of hydrogen-bond donors (Lipinski definition) is 0. The number of benzene rings is 2. The first-order valence-electron chi connectivity index (χ1n) is 13.0. The van der Waals surface area contributed by atoms with Gasteiger partial charge in [0.15, 0.2) is 17.3 Å². The second-order valence-corrected chi connectivity index (χ2v) is 9.10. The Kier molecular flexibility index (Phi) is 12.2. The summed E-state index contributed by atoms with van der Waals surface area (Å²) in [5.41, 5.74) is 6.20. The lowest BCUT2D eigenvalue weighted by molar-refractivity contribution is 0.0600. The van der Waals surface area contributed by atoms with Crippen molar-refractivity contribution in [1.29, 1.82) is 0 Å². The van der Waals surface area contributed by atoms with Gasteiger partial charge < -0.3 is 14.2 Å². The van der Waals surface area contributed by atoms with Gasteiger partial charge in [0.25, 0.3) is 0 Å². The maximum Gasteiger partial charge on any atom is 0.337 e. The van der Waals surface area contributed by atoms with Crippen LogP contribution in [0.3, 0.4) is 0 Å². The Balaban J connectivity index is 0.000000404. The van der Waals surface area contributed by atoms with E-state index in [2.05, 4.69) is 29.8 Å². The number of allylic oxidation sites excluding steroid dienone is 3. The number of methoxy groups -OCH3 is 3. The second kappa shape index (κ2) is 15.3. The summed E-state index contributed by atoms with van der Waals surface area (Å²) < 4.78 is 17.2. The molecule has 0 bridgehead atoms. The number of rotatable bonds is 10.